The second-order valence-corrected chi connectivity index (χ2v) is 15.1. The number of carbonyl (C=O) groups is 7. The van der Waals surface area contributed by atoms with E-state index in [-0.39, 0.29) is 55.3 Å². The summed E-state index contributed by atoms with van der Waals surface area (Å²) in [6, 6.07) is 16.0. The fraction of sp³-hybridized carbons (Fsp3) is 0.283. The summed E-state index contributed by atoms with van der Waals surface area (Å²) in [5.74, 6) is -2.77. The smallest absolute Gasteiger partial charge is 0.338 e. The highest BCUT2D eigenvalue weighted by atomic mass is 127. The van der Waals surface area contributed by atoms with Gasteiger partial charge in [-0.05, 0) is 151 Å². The molecule has 13 nitrogen and oxygen atoms in total. The summed E-state index contributed by atoms with van der Waals surface area (Å²) >= 11 is 3.90. The van der Waals surface area contributed by atoms with Crippen molar-refractivity contribution >= 4 is 86.4 Å². The molecule has 0 aliphatic rings. The third-order valence-electron chi connectivity index (χ3n) is 7.75. The van der Waals surface area contributed by atoms with E-state index in [0.29, 0.717) is 22.0 Å². The number of esters is 3. The molecule has 0 bridgehead atoms. The number of carboxylic acids is 1. The highest BCUT2D eigenvalue weighted by Gasteiger charge is 2.19. The number of hydrogen-bond acceptors (Lipinski definition) is 12. The lowest BCUT2D eigenvalue weighted by atomic mass is 10.0. The van der Waals surface area contributed by atoms with E-state index in [1.807, 2.05) is 45.2 Å². The first-order valence-corrected chi connectivity index (χ1v) is 21.5. The number of aryl methyl sites for hydroxylation is 1. The zero-order valence-electron chi connectivity index (χ0n) is 35.2. The van der Waals surface area contributed by atoms with Crippen molar-refractivity contribution in [1.82, 2.24) is 0 Å². The molecule has 348 valence electrons. The molecule has 4 aromatic carbocycles. The Balaban J connectivity index is 0.000000441. The molecule has 0 saturated heterocycles. The van der Waals surface area contributed by atoms with E-state index in [9.17, 15) is 51.1 Å². The van der Waals surface area contributed by atoms with Crippen molar-refractivity contribution in [3.8, 4) is 11.8 Å². The van der Waals surface area contributed by atoms with Crippen LogP contribution in [0.4, 0.5) is 17.6 Å². The number of ketones is 3. The zero-order chi connectivity index (χ0) is 49.1. The number of ether oxygens (including phenoxy) is 3. The van der Waals surface area contributed by atoms with Gasteiger partial charge in [0.15, 0.2) is 17.3 Å². The van der Waals surface area contributed by atoms with Crippen LogP contribution in [-0.4, -0.2) is 89.6 Å². The van der Waals surface area contributed by atoms with Gasteiger partial charge >= 0.3 is 23.9 Å². The summed E-state index contributed by atoms with van der Waals surface area (Å²) in [7, 11) is 0. The molecule has 0 spiro atoms. The van der Waals surface area contributed by atoms with Gasteiger partial charge in [0.2, 0.25) is 0 Å². The van der Waals surface area contributed by atoms with Crippen LogP contribution >= 0.6 is 45.2 Å². The van der Waals surface area contributed by atoms with Gasteiger partial charge < -0.3 is 29.5 Å². The summed E-state index contributed by atoms with van der Waals surface area (Å²) in [5, 5.41) is 25.7. The number of halogens is 6. The van der Waals surface area contributed by atoms with Gasteiger partial charge in [-0.2, -0.15) is 0 Å². The van der Waals surface area contributed by atoms with E-state index in [1.54, 1.807) is 32.9 Å². The van der Waals surface area contributed by atoms with Crippen LogP contribution in [0.5, 0.6) is 0 Å². The van der Waals surface area contributed by atoms with Crippen molar-refractivity contribution in [3.05, 3.63) is 137 Å². The monoisotopic (exact) mass is 1130 g/mol. The van der Waals surface area contributed by atoms with E-state index in [1.165, 1.54) is 48.5 Å². The van der Waals surface area contributed by atoms with Crippen molar-refractivity contribution in [2.45, 2.75) is 52.9 Å². The van der Waals surface area contributed by atoms with Crippen molar-refractivity contribution in [1.29, 1.82) is 0 Å². The second kappa shape index (κ2) is 31.3. The van der Waals surface area contributed by atoms with Crippen molar-refractivity contribution < 1.29 is 80.7 Å². The maximum atomic E-state index is 13.6. The summed E-state index contributed by atoms with van der Waals surface area (Å²) in [5.41, 5.74) is 0.475. The van der Waals surface area contributed by atoms with Crippen LogP contribution in [0.25, 0.3) is 0 Å². The molecule has 0 radical (unpaired) electrons. The van der Waals surface area contributed by atoms with Gasteiger partial charge in [-0.1, -0.05) is 17.9 Å². The van der Waals surface area contributed by atoms with Gasteiger partial charge in [-0.25, -0.2) is 22.4 Å². The minimum atomic E-state index is -1.24. The maximum absolute atomic E-state index is 13.6. The number of aliphatic hydroxyl groups is 2. The minimum Gasteiger partial charge on any atom is -0.478 e. The average molecular weight is 1130 g/mol. The Morgan fingerprint density at radius 3 is 1.34 bits per heavy atom. The van der Waals surface area contributed by atoms with Crippen molar-refractivity contribution in [2.24, 2.45) is 0 Å². The number of Topliss-reactive ketones (excluding diaryl/α,β-unsaturated/α-hetero) is 3. The van der Waals surface area contributed by atoms with Crippen LogP contribution in [0.1, 0.15) is 99.0 Å². The van der Waals surface area contributed by atoms with E-state index in [0.717, 1.165) is 21.3 Å². The first-order valence-electron chi connectivity index (χ1n) is 19.3. The molecule has 0 aliphatic heterocycles. The van der Waals surface area contributed by atoms with Gasteiger partial charge in [-0.3, -0.25) is 28.8 Å². The molecule has 0 heterocycles. The quantitative estimate of drug-likeness (QED) is 0.0186. The van der Waals surface area contributed by atoms with Crippen LogP contribution in [0.3, 0.4) is 0 Å². The molecule has 0 fully saturated rings. The summed E-state index contributed by atoms with van der Waals surface area (Å²) in [6.45, 7) is 5.16. The molecule has 0 atom stereocenters. The predicted octanol–water partition coefficient (Wildman–Crippen LogP) is 7.89. The Morgan fingerprint density at radius 2 is 0.938 bits per heavy atom. The number of aliphatic hydroxyl groups excluding tert-OH is 2. The highest BCUT2D eigenvalue weighted by molar-refractivity contribution is 14.1. The third-order valence-corrected chi connectivity index (χ3v) is 9.09. The first kappa shape index (κ1) is 57.4. The largest absolute Gasteiger partial charge is 0.478 e. The van der Waals surface area contributed by atoms with Gasteiger partial charge in [0.05, 0.1) is 42.1 Å². The second-order valence-electron chi connectivity index (χ2n) is 12.6. The average Bonchev–Trinajstić information content (AvgIpc) is 3.25. The summed E-state index contributed by atoms with van der Waals surface area (Å²) in [6.07, 6.45) is -0.311. The molecular weight excluding hydrogens is 1090 g/mol. The Kier molecular flexibility index (Phi) is 27.7. The van der Waals surface area contributed by atoms with Gasteiger partial charge in [0.25, 0.3) is 0 Å². The molecule has 65 heavy (non-hydrogen) atoms. The van der Waals surface area contributed by atoms with Crippen LogP contribution in [0.2, 0.25) is 0 Å². The lowest BCUT2D eigenvalue weighted by Gasteiger charge is -2.06. The molecule has 0 unspecified atom stereocenters. The Hall–Kier alpha value is -5.57. The fourth-order valence-electron chi connectivity index (χ4n) is 4.87. The summed E-state index contributed by atoms with van der Waals surface area (Å²) in [4.78, 5) is 78.8. The van der Waals surface area contributed by atoms with Crippen LogP contribution in [-0.2, 0) is 35.0 Å². The first-order chi connectivity index (χ1) is 30.8. The molecule has 0 aromatic heterocycles. The topological polar surface area (TPSA) is 208 Å². The normalized spacial score (nSPS) is 9.83. The third kappa shape index (κ3) is 22.3. The molecular formula is C46H44F4I2O13. The Morgan fingerprint density at radius 1 is 0.554 bits per heavy atom. The van der Waals surface area contributed by atoms with E-state index < -0.39 is 83.8 Å². The maximum Gasteiger partial charge on any atom is 0.338 e. The Bertz CT molecular complexity index is 2360. The van der Waals surface area contributed by atoms with Crippen LogP contribution in [0.15, 0.2) is 72.8 Å². The number of hydrogen-bond donors (Lipinski definition) is 3. The fourth-order valence-corrected chi connectivity index (χ4v) is 5.85. The number of carboxylic acid groups (broad SMARTS) is 1. The highest BCUT2D eigenvalue weighted by Crippen LogP contribution is 2.17. The SMILES string of the molecule is CCOC(=O)CC(=O)c1cc(C#CCO)ccc1F.CCOC(=O)CC(=O)c1cc(CCCO)ccc1F.CCOC(=O)CC(=O)c1cc(I)ccc1F.O=C(O)c1cc(I)ccc1F. The molecule has 4 rings (SSSR count). The summed E-state index contributed by atoms with van der Waals surface area (Å²) < 4.78 is 68.3. The Labute approximate surface area is 399 Å². The number of rotatable bonds is 16. The van der Waals surface area contributed by atoms with E-state index >= 15 is 0 Å². The van der Waals surface area contributed by atoms with Crippen molar-refractivity contribution in [2.75, 3.05) is 33.0 Å². The molecule has 3 N–H and O–H groups in total. The van der Waals surface area contributed by atoms with Crippen LogP contribution < -0.4 is 0 Å². The van der Waals surface area contributed by atoms with Gasteiger partial charge in [-0.15, -0.1) is 0 Å². The van der Waals surface area contributed by atoms with E-state index in [2.05, 4.69) is 26.1 Å². The molecule has 0 amide bonds. The van der Waals surface area contributed by atoms with E-state index in [4.69, 9.17) is 15.3 Å². The van der Waals surface area contributed by atoms with Gasteiger partial charge in [0, 0.05) is 19.3 Å². The number of benzene rings is 4. The molecule has 0 aliphatic carbocycles. The lowest BCUT2D eigenvalue weighted by molar-refractivity contribution is -0.143. The number of aromatic carboxylic acids is 1. The zero-order valence-corrected chi connectivity index (χ0v) is 39.5. The standard InChI is InChI=1S/C14H17FO4.C14H13FO4.C11H10FIO3.C7H4FIO2/c2*1-2-19-14(18)9-13(17)11-8-10(4-3-7-16)5-6-12(11)15;1-2-16-11(15)6-10(14)8-5-7(13)3-4-9(8)12;8-6-2-1-4(9)3-5(6)7(10)11/h5-6,8,16H,2-4,7,9H2,1H3;5-6,8,16H,2,7,9H2,1H3;3-5H,2,6H2,1H3;1-3H,(H,10,11). The van der Waals surface area contributed by atoms with Crippen LogP contribution in [0, 0.1) is 42.3 Å². The molecule has 0 saturated carbocycles. The van der Waals surface area contributed by atoms with Crippen molar-refractivity contribution in [3.63, 3.8) is 0 Å². The molecule has 4 aromatic rings. The number of carbonyl (C=O) groups excluding carboxylic acids is 6. The molecule has 19 heteroatoms. The van der Waals surface area contributed by atoms with Gasteiger partial charge in [0.1, 0.15) is 49.1 Å². The predicted molar refractivity (Wildman–Crippen MR) is 244 cm³/mol. The lowest BCUT2D eigenvalue weighted by Crippen LogP contribution is -2.13. The minimum absolute atomic E-state index is 0.0312.